The van der Waals surface area contributed by atoms with Crippen LogP contribution in [-0.4, -0.2) is 33.8 Å². The lowest BCUT2D eigenvalue weighted by atomic mass is 9.78. The molecule has 1 fully saturated rings. The van der Waals surface area contributed by atoms with Crippen molar-refractivity contribution in [1.82, 2.24) is 9.61 Å². The Hall–Kier alpha value is -2.42. The number of amides is 1. The third-order valence-corrected chi connectivity index (χ3v) is 6.05. The third-order valence-electron chi connectivity index (χ3n) is 5.82. The van der Waals surface area contributed by atoms with Gasteiger partial charge in [-0.25, -0.2) is 8.91 Å². The van der Waals surface area contributed by atoms with Gasteiger partial charge in [0.15, 0.2) is 0 Å². The van der Waals surface area contributed by atoms with Crippen LogP contribution in [0, 0.1) is 12.7 Å². The summed E-state index contributed by atoms with van der Waals surface area (Å²) in [6, 6.07) is 6.34. The van der Waals surface area contributed by atoms with E-state index in [1.54, 1.807) is 31.3 Å². The van der Waals surface area contributed by atoms with Gasteiger partial charge in [-0.05, 0) is 64.4 Å². The SMILES string of the molecule is Cc1cc(F)c(B2OC(C)(C)C(C)(C)O2)cc1NC(=O)c1cnn2cc(Cl)ccc12. The zero-order valence-corrected chi connectivity index (χ0v) is 18.2. The molecular weight excluding hydrogens is 408 g/mol. The van der Waals surface area contributed by atoms with E-state index < -0.39 is 24.1 Å². The molecule has 0 aliphatic carbocycles. The molecule has 1 amide bonds. The predicted octanol–water partition coefficient (Wildman–Crippen LogP) is 3.99. The molecular formula is C21H22BClFN3O3. The number of hydrogen-bond donors (Lipinski definition) is 1. The minimum atomic E-state index is -0.870. The first-order chi connectivity index (χ1) is 14.0. The van der Waals surface area contributed by atoms with Crippen molar-refractivity contribution >= 4 is 41.3 Å². The van der Waals surface area contributed by atoms with E-state index in [4.69, 9.17) is 20.9 Å². The first-order valence-electron chi connectivity index (χ1n) is 9.58. The summed E-state index contributed by atoms with van der Waals surface area (Å²) in [5, 5.41) is 7.52. The lowest BCUT2D eigenvalue weighted by Crippen LogP contribution is -2.41. The molecule has 156 valence electrons. The summed E-state index contributed by atoms with van der Waals surface area (Å²) in [5.41, 5.74) is 1.09. The van der Waals surface area contributed by atoms with Crippen LogP contribution in [0.15, 0.2) is 36.7 Å². The monoisotopic (exact) mass is 429 g/mol. The van der Waals surface area contributed by atoms with E-state index in [1.807, 2.05) is 27.7 Å². The van der Waals surface area contributed by atoms with E-state index in [-0.39, 0.29) is 11.4 Å². The van der Waals surface area contributed by atoms with Crippen molar-refractivity contribution in [2.75, 3.05) is 5.32 Å². The Morgan fingerprint density at radius 3 is 2.53 bits per heavy atom. The number of carbonyl (C=O) groups excluding carboxylic acids is 1. The van der Waals surface area contributed by atoms with E-state index in [2.05, 4.69) is 10.4 Å². The molecule has 1 aromatic carbocycles. The minimum Gasteiger partial charge on any atom is -0.399 e. The predicted molar refractivity (Wildman–Crippen MR) is 115 cm³/mol. The molecule has 0 saturated carbocycles. The molecule has 0 atom stereocenters. The second kappa shape index (κ2) is 7.08. The van der Waals surface area contributed by atoms with Crippen LogP contribution in [0.1, 0.15) is 43.6 Å². The second-order valence-corrected chi connectivity index (χ2v) is 8.90. The van der Waals surface area contributed by atoms with Gasteiger partial charge >= 0.3 is 7.12 Å². The third kappa shape index (κ3) is 3.49. The van der Waals surface area contributed by atoms with Crippen LogP contribution in [0.3, 0.4) is 0 Å². The molecule has 30 heavy (non-hydrogen) atoms. The number of aromatic nitrogens is 2. The molecule has 1 N–H and O–H groups in total. The van der Waals surface area contributed by atoms with Crippen molar-refractivity contribution in [1.29, 1.82) is 0 Å². The van der Waals surface area contributed by atoms with Gasteiger partial charge < -0.3 is 14.6 Å². The van der Waals surface area contributed by atoms with Crippen LogP contribution >= 0.6 is 11.6 Å². The number of carbonyl (C=O) groups is 1. The molecule has 4 rings (SSSR count). The minimum absolute atomic E-state index is 0.237. The highest BCUT2D eigenvalue weighted by Crippen LogP contribution is 2.37. The Morgan fingerprint density at radius 2 is 1.87 bits per heavy atom. The Bertz CT molecular complexity index is 1150. The van der Waals surface area contributed by atoms with Gasteiger partial charge in [-0.1, -0.05) is 11.6 Å². The number of nitrogens with one attached hydrogen (secondary N) is 1. The summed E-state index contributed by atoms with van der Waals surface area (Å²) in [5.74, 6) is -0.809. The Labute approximate surface area is 179 Å². The average molecular weight is 430 g/mol. The zero-order valence-electron chi connectivity index (χ0n) is 17.4. The number of nitrogens with zero attached hydrogens (tertiary/aromatic N) is 2. The molecule has 0 spiro atoms. The summed E-state index contributed by atoms with van der Waals surface area (Å²) in [6.07, 6.45) is 3.09. The lowest BCUT2D eigenvalue weighted by Gasteiger charge is -2.32. The Kier molecular flexibility index (Phi) is 4.92. The average Bonchev–Trinajstić information content (AvgIpc) is 3.14. The number of halogens is 2. The van der Waals surface area contributed by atoms with Gasteiger partial charge in [0.1, 0.15) is 5.82 Å². The van der Waals surface area contributed by atoms with Gasteiger partial charge in [0.25, 0.3) is 5.91 Å². The fraction of sp³-hybridized carbons (Fsp3) is 0.333. The van der Waals surface area contributed by atoms with Crippen molar-refractivity contribution in [2.24, 2.45) is 0 Å². The number of anilines is 1. The van der Waals surface area contributed by atoms with Crippen LogP contribution in [0.5, 0.6) is 0 Å². The zero-order chi connectivity index (χ0) is 21.8. The fourth-order valence-electron chi connectivity index (χ4n) is 3.30. The van der Waals surface area contributed by atoms with Crippen molar-refractivity contribution < 1.29 is 18.5 Å². The van der Waals surface area contributed by atoms with Gasteiger partial charge in [0.2, 0.25) is 0 Å². The van der Waals surface area contributed by atoms with Gasteiger partial charge in [0.05, 0.1) is 33.5 Å². The highest BCUT2D eigenvalue weighted by atomic mass is 35.5. The summed E-state index contributed by atoms with van der Waals surface area (Å²) in [6.45, 7) is 9.33. The van der Waals surface area contributed by atoms with Crippen LogP contribution in [0.4, 0.5) is 10.1 Å². The van der Waals surface area contributed by atoms with Crippen molar-refractivity contribution in [2.45, 2.75) is 45.8 Å². The lowest BCUT2D eigenvalue weighted by molar-refractivity contribution is 0.00578. The van der Waals surface area contributed by atoms with E-state index >= 15 is 0 Å². The molecule has 0 unspecified atom stereocenters. The number of aryl methyl sites for hydroxylation is 1. The van der Waals surface area contributed by atoms with Crippen molar-refractivity contribution in [3.63, 3.8) is 0 Å². The molecule has 3 aromatic rings. The topological polar surface area (TPSA) is 64.9 Å². The molecule has 1 saturated heterocycles. The molecule has 1 aliphatic rings. The van der Waals surface area contributed by atoms with Crippen LogP contribution in [0.25, 0.3) is 5.52 Å². The Balaban J connectivity index is 1.65. The molecule has 0 radical (unpaired) electrons. The molecule has 0 bridgehead atoms. The van der Waals surface area contributed by atoms with E-state index in [0.29, 0.717) is 27.4 Å². The molecule has 2 aromatic heterocycles. The Morgan fingerprint density at radius 1 is 1.20 bits per heavy atom. The number of hydrogen-bond acceptors (Lipinski definition) is 4. The van der Waals surface area contributed by atoms with Crippen molar-refractivity contribution in [3.8, 4) is 0 Å². The van der Waals surface area contributed by atoms with Crippen LogP contribution in [-0.2, 0) is 9.31 Å². The van der Waals surface area contributed by atoms with E-state index in [1.165, 1.54) is 16.8 Å². The molecule has 6 nitrogen and oxygen atoms in total. The number of fused-ring (bicyclic) bond motifs is 1. The highest BCUT2D eigenvalue weighted by Gasteiger charge is 2.52. The molecule has 3 heterocycles. The summed E-state index contributed by atoms with van der Waals surface area (Å²) in [4.78, 5) is 12.9. The fourth-order valence-corrected chi connectivity index (χ4v) is 3.45. The summed E-state index contributed by atoms with van der Waals surface area (Å²) >= 11 is 5.97. The maximum absolute atomic E-state index is 14.7. The number of benzene rings is 1. The second-order valence-electron chi connectivity index (χ2n) is 8.47. The number of pyridine rings is 1. The van der Waals surface area contributed by atoms with Gasteiger partial charge in [-0.2, -0.15) is 5.10 Å². The van der Waals surface area contributed by atoms with E-state index in [0.717, 1.165) is 0 Å². The van der Waals surface area contributed by atoms with Gasteiger partial charge in [-0.15, -0.1) is 0 Å². The highest BCUT2D eigenvalue weighted by molar-refractivity contribution is 6.62. The standard InChI is InChI=1S/C21H22BClFN3O3/c1-12-8-16(24)15(22-29-20(2,3)21(4,5)30-22)9-17(12)26-19(28)14-10-25-27-11-13(23)6-7-18(14)27/h6-11H,1-5H3,(H,26,28). The molecule has 1 aliphatic heterocycles. The van der Waals surface area contributed by atoms with E-state index in [9.17, 15) is 9.18 Å². The first-order valence-corrected chi connectivity index (χ1v) is 9.96. The largest absolute Gasteiger partial charge is 0.497 e. The van der Waals surface area contributed by atoms with Crippen molar-refractivity contribution in [3.05, 3.63) is 58.6 Å². The van der Waals surface area contributed by atoms with Crippen LogP contribution in [0.2, 0.25) is 5.02 Å². The van der Waals surface area contributed by atoms with Gasteiger partial charge in [-0.3, -0.25) is 4.79 Å². The maximum atomic E-state index is 14.7. The summed E-state index contributed by atoms with van der Waals surface area (Å²) < 4.78 is 28.2. The quantitative estimate of drug-likeness (QED) is 0.640. The van der Waals surface area contributed by atoms with Crippen LogP contribution < -0.4 is 10.8 Å². The van der Waals surface area contributed by atoms with Gasteiger partial charge in [0, 0.05) is 17.3 Å². The number of rotatable bonds is 3. The smallest absolute Gasteiger partial charge is 0.399 e. The molecule has 9 heteroatoms. The summed E-state index contributed by atoms with van der Waals surface area (Å²) in [7, 11) is -0.870. The first kappa shape index (κ1) is 20.8. The normalized spacial score (nSPS) is 17.5. The maximum Gasteiger partial charge on any atom is 0.497 e.